The minimum absolute atomic E-state index is 0.167. The lowest BCUT2D eigenvalue weighted by Crippen LogP contribution is -2.61. The van der Waals surface area contributed by atoms with Crippen LogP contribution >= 0.6 is 0 Å². The second-order valence-corrected chi connectivity index (χ2v) is 10.3. The van der Waals surface area contributed by atoms with Crippen molar-refractivity contribution in [3.05, 3.63) is 12.7 Å². The lowest BCUT2D eigenvalue weighted by molar-refractivity contribution is -0.418. The van der Waals surface area contributed by atoms with Crippen molar-refractivity contribution in [2.45, 2.75) is 122 Å². The van der Waals surface area contributed by atoms with E-state index in [0.717, 1.165) is 50.9 Å². The molecule has 0 amide bonds. The summed E-state index contributed by atoms with van der Waals surface area (Å²) in [5.74, 6) is 1.56. The molecule has 1 heterocycles. The highest BCUT2D eigenvalue weighted by molar-refractivity contribution is 4.98. The summed E-state index contributed by atoms with van der Waals surface area (Å²) in [7, 11) is 0. The Labute approximate surface area is 178 Å². The van der Waals surface area contributed by atoms with Crippen molar-refractivity contribution >= 4 is 0 Å². The molecule has 3 fully saturated rings. The molecule has 0 spiro atoms. The van der Waals surface area contributed by atoms with Gasteiger partial charge in [-0.15, -0.1) is 6.58 Å². The minimum atomic E-state index is -2.88. The molecule has 168 valence electrons. The first-order valence-electron chi connectivity index (χ1n) is 12.7. The van der Waals surface area contributed by atoms with Gasteiger partial charge in [0, 0.05) is 0 Å². The Morgan fingerprint density at radius 2 is 1.41 bits per heavy atom. The number of hydrogen-bond donors (Lipinski definition) is 0. The Balaban J connectivity index is 1.41. The molecule has 3 heteroatoms. The molecule has 0 aromatic rings. The van der Waals surface area contributed by atoms with Crippen molar-refractivity contribution in [1.29, 1.82) is 0 Å². The normalized spacial score (nSPS) is 37.1. The largest absolute Gasteiger partial charge is 0.361 e. The second kappa shape index (κ2) is 11.3. The summed E-state index contributed by atoms with van der Waals surface area (Å²) in [6, 6.07) is 0. The summed E-state index contributed by atoms with van der Waals surface area (Å²) in [4.78, 5) is 0. The van der Waals surface area contributed by atoms with Gasteiger partial charge in [0.25, 0.3) is 0 Å². The second-order valence-electron chi connectivity index (χ2n) is 10.3. The lowest BCUT2D eigenvalue weighted by Gasteiger charge is -2.53. The third kappa shape index (κ3) is 6.28. The summed E-state index contributed by atoms with van der Waals surface area (Å²) >= 11 is 0. The molecule has 2 atom stereocenters. The zero-order valence-corrected chi connectivity index (χ0v) is 18.7. The molecule has 0 aromatic carbocycles. The van der Waals surface area contributed by atoms with Crippen LogP contribution in [0, 0.1) is 29.6 Å². The van der Waals surface area contributed by atoms with Crippen LogP contribution in [0.5, 0.6) is 0 Å². The molecule has 0 unspecified atom stereocenters. The van der Waals surface area contributed by atoms with Gasteiger partial charge in [0.1, 0.15) is 0 Å². The highest BCUT2D eigenvalue weighted by atomic mass is 19.3. The summed E-state index contributed by atoms with van der Waals surface area (Å²) < 4.78 is 34.0. The SMILES string of the molecule is C=CCCC1CCC([C@H]2[C@H](C3CCC(CCCCCCC)CC3)OC2(F)F)CC1. The molecule has 0 bridgehead atoms. The maximum absolute atomic E-state index is 14.4. The van der Waals surface area contributed by atoms with Crippen LogP contribution in [-0.4, -0.2) is 12.2 Å². The van der Waals surface area contributed by atoms with E-state index in [1.165, 1.54) is 57.8 Å². The molecule has 0 aromatic heterocycles. The summed E-state index contributed by atoms with van der Waals surface area (Å²) in [6.07, 6.45) is 18.1. The average molecular weight is 411 g/mol. The van der Waals surface area contributed by atoms with E-state index >= 15 is 0 Å². The quantitative estimate of drug-likeness (QED) is 0.245. The van der Waals surface area contributed by atoms with Gasteiger partial charge in [-0.2, -0.15) is 8.78 Å². The van der Waals surface area contributed by atoms with Gasteiger partial charge in [-0.3, -0.25) is 0 Å². The van der Waals surface area contributed by atoms with Crippen molar-refractivity contribution in [2.75, 3.05) is 0 Å². The first-order chi connectivity index (χ1) is 14.0. The van der Waals surface area contributed by atoms with E-state index in [9.17, 15) is 8.78 Å². The maximum atomic E-state index is 14.4. The summed E-state index contributed by atoms with van der Waals surface area (Å²) in [6.45, 7) is 6.07. The summed E-state index contributed by atoms with van der Waals surface area (Å²) in [5.41, 5.74) is 0. The van der Waals surface area contributed by atoms with Gasteiger partial charge in [-0.1, -0.05) is 77.2 Å². The monoisotopic (exact) mass is 410 g/mol. The predicted octanol–water partition coefficient (Wildman–Crippen LogP) is 8.53. The number of rotatable bonds is 11. The molecule has 2 aliphatic carbocycles. The van der Waals surface area contributed by atoms with E-state index in [1.807, 2.05) is 6.08 Å². The third-order valence-electron chi connectivity index (χ3n) is 8.29. The predicted molar refractivity (Wildman–Crippen MR) is 117 cm³/mol. The number of halogens is 2. The van der Waals surface area contributed by atoms with Gasteiger partial charge in [-0.05, 0) is 62.2 Å². The van der Waals surface area contributed by atoms with E-state index in [0.29, 0.717) is 11.8 Å². The fourth-order valence-corrected chi connectivity index (χ4v) is 6.42. The van der Waals surface area contributed by atoms with Crippen LogP contribution in [0.25, 0.3) is 0 Å². The van der Waals surface area contributed by atoms with E-state index in [4.69, 9.17) is 4.74 Å². The molecule has 3 rings (SSSR count). The first-order valence-corrected chi connectivity index (χ1v) is 12.7. The molecular formula is C26H44F2O. The highest BCUT2D eigenvalue weighted by Crippen LogP contribution is 2.55. The molecule has 0 N–H and O–H groups in total. The number of ether oxygens (including phenoxy) is 1. The Morgan fingerprint density at radius 1 is 0.828 bits per heavy atom. The van der Waals surface area contributed by atoms with Gasteiger partial charge in [0.2, 0.25) is 0 Å². The molecule has 1 aliphatic heterocycles. The summed E-state index contributed by atoms with van der Waals surface area (Å²) in [5, 5.41) is 0. The zero-order valence-electron chi connectivity index (χ0n) is 18.7. The van der Waals surface area contributed by atoms with Crippen molar-refractivity contribution in [2.24, 2.45) is 29.6 Å². The molecule has 0 radical (unpaired) electrons. The van der Waals surface area contributed by atoms with Gasteiger partial charge in [-0.25, -0.2) is 0 Å². The molecular weight excluding hydrogens is 366 g/mol. The van der Waals surface area contributed by atoms with Crippen molar-refractivity contribution < 1.29 is 13.5 Å². The van der Waals surface area contributed by atoms with Crippen LogP contribution in [0.4, 0.5) is 8.78 Å². The van der Waals surface area contributed by atoms with Crippen molar-refractivity contribution in [3.63, 3.8) is 0 Å². The standard InChI is InChI=1S/C26H44F2O/c1-3-5-7-8-9-11-21-14-18-23(19-15-21)25-24(26(27,28)29-25)22-16-12-20(13-17-22)10-6-4-2/h4,20-25H,2-3,5-19H2,1H3/t20?,21?,22?,23?,24-,25-/m0/s1. The molecule has 2 saturated carbocycles. The van der Waals surface area contributed by atoms with E-state index in [1.54, 1.807) is 0 Å². The fourth-order valence-electron chi connectivity index (χ4n) is 6.42. The number of alkyl halides is 2. The van der Waals surface area contributed by atoms with Gasteiger partial charge < -0.3 is 4.74 Å². The van der Waals surface area contributed by atoms with Crippen LogP contribution in [-0.2, 0) is 4.74 Å². The van der Waals surface area contributed by atoms with Crippen molar-refractivity contribution in [1.82, 2.24) is 0 Å². The first kappa shape index (κ1) is 23.2. The van der Waals surface area contributed by atoms with Crippen LogP contribution < -0.4 is 0 Å². The number of unbranched alkanes of at least 4 members (excludes halogenated alkanes) is 4. The van der Waals surface area contributed by atoms with Gasteiger partial charge >= 0.3 is 6.11 Å². The number of allylic oxidation sites excluding steroid dienone is 1. The molecule has 1 nitrogen and oxygen atoms in total. The van der Waals surface area contributed by atoms with Crippen LogP contribution in [0.15, 0.2) is 12.7 Å². The number of hydrogen-bond acceptors (Lipinski definition) is 1. The van der Waals surface area contributed by atoms with E-state index in [2.05, 4.69) is 13.5 Å². The third-order valence-corrected chi connectivity index (χ3v) is 8.29. The smallest absolute Gasteiger partial charge is 0.316 e. The topological polar surface area (TPSA) is 9.23 Å². The van der Waals surface area contributed by atoms with Gasteiger partial charge in [0.05, 0.1) is 12.0 Å². The fraction of sp³-hybridized carbons (Fsp3) is 0.923. The van der Waals surface area contributed by atoms with Crippen molar-refractivity contribution in [3.8, 4) is 0 Å². The Hall–Kier alpha value is -0.440. The van der Waals surface area contributed by atoms with E-state index in [-0.39, 0.29) is 12.0 Å². The lowest BCUT2D eigenvalue weighted by atomic mass is 9.65. The highest BCUT2D eigenvalue weighted by Gasteiger charge is 2.62. The van der Waals surface area contributed by atoms with Crippen LogP contribution in [0.1, 0.15) is 110 Å². The van der Waals surface area contributed by atoms with Crippen LogP contribution in [0.3, 0.4) is 0 Å². The Bertz CT molecular complexity index is 475. The van der Waals surface area contributed by atoms with Gasteiger partial charge in [0.15, 0.2) is 0 Å². The Morgan fingerprint density at radius 3 is 2.00 bits per heavy atom. The molecule has 1 saturated heterocycles. The average Bonchev–Trinajstić information content (AvgIpc) is 2.72. The Kier molecular flexibility index (Phi) is 9.02. The van der Waals surface area contributed by atoms with E-state index < -0.39 is 12.0 Å². The zero-order chi connectivity index (χ0) is 20.7. The van der Waals surface area contributed by atoms with Crippen LogP contribution in [0.2, 0.25) is 0 Å². The maximum Gasteiger partial charge on any atom is 0.361 e. The molecule has 3 aliphatic rings. The minimum Gasteiger partial charge on any atom is -0.316 e. The molecule has 29 heavy (non-hydrogen) atoms.